The fraction of sp³-hybridized carbons (Fsp3) is 0.533. The van der Waals surface area contributed by atoms with E-state index in [1.807, 2.05) is 18.2 Å². The summed E-state index contributed by atoms with van der Waals surface area (Å²) in [6, 6.07) is 5.45. The van der Waals surface area contributed by atoms with E-state index in [4.69, 9.17) is 9.47 Å². The highest BCUT2D eigenvalue weighted by Gasteiger charge is 2.17. The first-order valence-electron chi connectivity index (χ1n) is 6.69. The third-order valence-electron chi connectivity index (χ3n) is 3.44. The van der Waals surface area contributed by atoms with Crippen LogP contribution in [0.15, 0.2) is 22.7 Å². The van der Waals surface area contributed by atoms with Crippen molar-refractivity contribution in [1.29, 1.82) is 0 Å². The molecule has 0 bridgehead atoms. The lowest BCUT2D eigenvalue weighted by Gasteiger charge is -2.22. The predicted molar refractivity (Wildman–Crippen MR) is 77.8 cm³/mol. The van der Waals surface area contributed by atoms with Crippen molar-refractivity contribution in [3.8, 4) is 5.75 Å². The molecule has 1 heterocycles. The third-order valence-corrected chi connectivity index (χ3v) is 4.10. The Morgan fingerprint density at radius 1 is 1.47 bits per heavy atom. The van der Waals surface area contributed by atoms with Gasteiger partial charge in [-0.15, -0.1) is 0 Å². The lowest BCUT2D eigenvalue weighted by Crippen LogP contribution is -2.20. The van der Waals surface area contributed by atoms with Crippen molar-refractivity contribution in [1.82, 2.24) is 0 Å². The molecule has 4 heteroatoms. The first kappa shape index (κ1) is 14.5. The van der Waals surface area contributed by atoms with Crippen LogP contribution in [-0.2, 0) is 4.74 Å². The van der Waals surface area contributed by atoms with Crippen molar-refractivity contribution < 1.29 is 14.3 Å². The van der Waals surface area contributed by atoms with Gasteiger partial charge >= 0.3 is 0 Å². The van der Waals surface area contributed by atoms with E-state index in [1.165, 1.54) is 6.42 Å². The molecule has 1 atom stereocenters. The number of ketones is 1. The van der Waals surface area contributed by atoms with E-state index in [-0.39, 0.29) is 11.9 Å². The van der Waals surface area contributed by atoms with Gasteiger partial charge in [0, 0.05) is 23.1 Å². The topological polar surface area (TPSA) is 35.5 Å². The Bertz CT molecular complexity index is 439. The zero-order valence-corrected chi connectivity index (χ0v) is 12.7. The van der Waals surface area contributed by atoms with Crippen molar-refractivity contribution in [2.75, 3.05) is 13.7 Å². The van der Waals surface area contributed by atoms with Crippen LogP contribution in [0.2, 0.25) is 0 Å². The summed E-state index contributed by atoms with van der Waals surface area (Å²) in [5.74, 6) is 0.905. The molecule has 0 saturated carbocycles. The van der Waals surface area contributed by atoms with Gasteiger partial charge in [-0.3, -0.25) is 4.79 Å². The minimum absolute atomic E-state index is 0.156. The van der Waals surface area contributed by atoms with E-state index < -0.39 is 0 Å². The number of benzene rings is 1. The van der Waals surface area contributed by atoms with E-state index in [0.717, 1.165) is 41.7 Å². The van der Waals surface area contributed by atoms with E-state index in [1.54, 1.807) is 7.11 Å². The molecule has 1 fully saturated rings. The Balaban J connectivity index is 1.92. The molecule has 1 aliphatic heterocycles. The fourth-order valence-electron chi connectivity index (χ4n) is 2.31. The van der Waals surface area contributed by atoms with Crippen LogP contribution >= 0.6 is 15.9 Å². The van der Waals surface area contributed by atoms with Gasteiger partial charge in [0.2, 0.25) is 0 Å². The monoisotopic (exact) mass is 326 g/mol. The molecule has 2 rings (SSSR count). The first-order chi connectivity index (χ1) is 9.20. The van der Waals surface area contributed by atoms with Gasteiger partial charge in [-0.2, -0.15) is 0 Å². The van der Waals surface area contributed by atoms with Crippen molar-refractivity contribution >= 4 is 21.7 Å². The van der Waals surface area contributed by atoms with Crippen molar-refractivity contribution in [2.45, 2.75) is 38.2 Å². The normalized spacial score (nSPS) is 19.2. The molecule has 1 unspecified atom stereocenters. The number of carbonyl (C=O) groups excluding carboxylic acids is 1. The number of hydrogen-bond acceptors (Lipinski definition) is 3. The molecule has 0 N–H and O–H groups in total. The van der Waals surface area contributed by atoms with Gasteiger partial charge in [0.25, 0.3) is 0 Å². The predicted octanol–water partition coefficient (Wildman–Crippen LogP) is 3.99. The number of hydrogen-bond donors (Lipinski definition) is 0. The smallest absolute Gasteiger partial charge is 0.164 e. The Labute approximate surface area is 122 Å². The van der Waals surface area contributed by atoms with Gasteiger partial charge < -0.3 is 9.47 Å². The van der Waals surface area contributed by atoms with Crippen LogP contribution in [0, 0.1) is 0 Å². The highest BCUT2D eigenvalue weighted by molar-refractivity contribution is 9.10. The van der Waals surface area contributed by atoms with Crippen LogP contribution in [0.25, 0.3) is 0 Å². The largest absolute Gasteiger partial charge is 0.497 e. The summed E-state index contributed by atoms with van der Waals surface area (Å²) in [5, 5.41) is 0. The standard InChI is InChI=1S/C15H19BrO3/c1-18-12-5-7-13(14(16)10-12)15(17)8-6-11-4-2-3-9-19-11/h5,7,10-11H,2-4,6,8-9H2,1H3. The highest BCUT2D eigenvalue weighted by atomic mass is 79.9. The third kappa shape index (κ3) is 4.05. The number of ether oxygens (including phenoxy) is 2. The molecule has 0 aliphatic carbocycles. The molecule has 0 spiro atoms. The van der Waals surface area contributed by atoms with Crippen LogP contribution in [0.5, 0.6) is 5.75 Å². The minimum Gasteiger partial charge on any atom is -0.497 e. The molecule has 1 aromatic rings. The average molecular weight is 327 g/mol. The van der Waals surface area contributed by atoms with Crippen LogP contribution in [0.4, 0.5) is 0 Å². The molecule has 1 aromatic carbocycles. The summed E-state index contributed by atoms with van der Waals surface area (Å²) < 4.78 is 11.6. The van der Waals surface area contributed by atoms with Crippen molar-refractivity contribution in [3.63, 3.8) is 0 Å². The molecule has 1 saturated heterocycles. The van der Waals surface area contributed by atoms with Gasteiger partial charge in [-0.1, -0.05) is 0 Å². The maximum atomic E-state index is 12.2. The second-order valence-corrected chi connectivity index (χ2v) is 5.65. The van der Waals surface area contributed by atoms with E-state index >= 15 is 0 Å². The summed E-state index contributed by atoms with van der Waals surface area (Å²) in [7, 11) is 1.61. The molecule has 3 nitrogen and oxygen atoms in total. The lowest BCUT2D eigenvalue weighted by molar-refractivity contribution is 0.0104. The van der Waals surface area contributed by atoms with Gasteiger partial charge in [0.05, 0.1) is 13.2 Å². The number of halogens is 1. The zero-order valence-electron chi connectivity index (χ0n) is 11.2. The number of rotatable bonds is 5. The molecule has 0 aromatic heterocycles. The molecule has 19 heavy (non-hydrogen) atoms. The van der Waals surface area contributed by atoms with Gasteiger partial charge in [0.1, 0.15) is 5.75 Å². The first-order valence-corrected chi connectivity index (χ1v) is 7.48. The number of methoxy groups -OCH3 is 1. The highest BCUT2D eigenvalue weighted by Crippen LogP contribution is 2.25. The van der Waals surface area contributed by atoms with E-state index in [2.05, 4.69) is 15.9 Å². The fourth-order valence-corrected chi connectivity index (χ4v) is 2.89. The lowest BCUT2D eigenvalue weighted by atomic mass is 10.0. The molecular weight excluding hydrogens is 308 g/mol. The SMILES string of the molecule is COc1ccc(C(=O)CCC2CCCCO2)c(Br)c1. The van der Waals surface area contributed by atoms with Crippen molar-refractivity contribution in [2.24, 2.45) is 0 Å². The number of Topliss-reactive ketones (excluding diaryl/α,β-unsaturated/α-hetero) is 1. The Morgan fingerprint density at radius 3 is 2.95 bits per heavy atom. The van der Waals surface area contributed by atoms with E-state index in [9.17, 15) is 4.79 Å². The van der Waals surface area contributed by atoms with Crippen molar-refractivity contribution in [3.05, 3.63) is 28.2 Å². The average Bonchev–Trinajstić information content (AvgIpc) is 2.45. The van der Waals surface area contributed by atoms with E-state index in [0.29, 0.717) is 6.42 Å². The Kier molecular flexibility index (Phi) is 5.40. The Morgan fingerprint density at radius 2 is 2.32 bits per heavy atom. The maximum absolute atomic E-state index is 12.2. The zero-order chi connectivity index (χ0) is 13.7. The van der Waals surface area contributed by atoms with Gasteiger partial charge in [-0.25, -0.2) is 0 Å². The second kappa shape index (κ2) is 7.06. The summed E-state index contributed by atoms with van der Waals surface area (Å²) in [6.07, 6.45) is 5.05. The minimum atomic E-state index is 0.156. The molecule has 0 radical (unpaired) electrons. The summed E-state index contributed by atoms with van der Waals surface area (Å²) in [4.78, 5) is 12.2. The van der Waals surface area contributed by atoms with Crippen LogP contribution < -0.4 is 4.74 Å². The molecule has 104 valence electrons. The van der Waals surface area contributed by atoms with Gasteiger partial charge in [-0.05, 0) is 59.8 Å². The second-order valence-electron chi connectivity index (χ2n) is 4.80. The summed E-state index contributed by atoms with van der Waals surface area (Å²) >= 11 is 3.42. The quantitative estimate of drug-likeness (QED) is 0.767. The van der Waals surface area contributed by atoms with Crippen LogP contribution in [0.1, 0.15) is 42.5 Å². The maximum Gasteiger partial charge on any atom is 0.164 e. The van der Waals surface area contributed by atoms with Gasteiger partial charge in [0.15, 0.2) is 5.78 Å². The molecular formula is C15H19BrO3. The Hall–Kier alpha value is -0.870. The van der Waals surface area contributed by atoms with Crippen LogP contribution in [0.3, 0.4) is 0 Å². The number of carbonyl (C=O) groups is 1. The summed E-state index contributed by atoms with van der Waals surface area (Å²) in [5.41, 5.74) is 0.719. The molecule has 1 aliphatic rings. The molecule has 0 amide bonds. The van der Waals surface area contributed by atoms with Crippen LogP contribution in [-0.4, -0.2) is 25.6 Å². The summed E-state index contributed by atoms with van der Waals surface area (Å²) in [6.45, 7) is 0.838.